The summed E-state index contributed by atoms with van der Waals surface area (Å²) in [7, 11) is 3.48. The van der Waals surface area contributed by atoms with Crippen molar-refractivity contribution >= 4 is 39.6 Å². The first-order chi connectivity index (χ1) is 12.2. The van der Waals surface area contributed by atoms with Crippen molar-refractivity contribution in [3.63, 3.8) is 0 Å². The number of esters is 1. The van der Waals surface area contributed by atoms with Crippen LogP contribution < -0.4 is 10.2 Å². The molecule has 1 heterocycles. The number of ether oxygens (including phenoxy) is 1. The summed E-state index contributed by atoms with van der Waals surface area (Å²) in [6.07, 6.45) is 0. The predicted molar refractivity (Wildman–Crippen MR) is 100 cm³/mol. The standard InChI is InChI=1S/C17H19N3O5S/c1-5-25-17(22)15-10(2)8-14(26-15)18-16(21)12-9-11(20(23)24)6-7-13(12)19(3)4/h6-9H,5H2,1-4H3,(H,18,21). The molecule has 0 atom stereocenters. The molecule has 26 heavy (non-hydrogen) atoms. The average molecular weight is 377 g/mol. The molecule has 0 aliphatic rings. The van der Waals surface area contributed by atoms with E-state index in [-0.39, 0.29) is 17.9 Å². The minimum Gasteiger partial charge on any atom is -0.462 e. The lowest BCUT2D eigenvalue weighted by Gasteiger charge is -2.16. The quantitative estimate of drug-likeness (QED) is 0.470. The number of amides is 1. The number of benzene rings is 1. The lowest BCUT2D eigenvalue weighted by molar-refractivity contribution is -0.384. The van der Waals surface area contributed by atoms with Crippen LogP contribution in [0.4, 0.5) is 16.4 Å². The highest BCUT2D eigenvalue weighted by atomic mass is 32.1. The average Bonchev–Trinajstić information content (AvgIpc) is 2.94. The molecule has 2 aromatic rings. The number of hydrogen-bond acceptors (Lipinski definition) is 7. The fraction of sp³-hybridized carbons (Fsp3) is 0.294. The Labute approximate surface area is 154 Å². The Bertz CT molecular complexity index is 860. The summed E-state index contributed by atoms with van der Waals surface area (Å²) in [6.45, 7) is 3.73. The number of carbonyl (C=O) groups excluding carboxylic acids is 2. The molecule has 138 valence electrons. The molecule has 0 bridgehead atoms. The molecule has 0 fully saturated rings. The highest BCUT2D eigenvalue weighted by Crippen LogP contribution is 2.30. The maximum Gasteiger partial charge on any atom is 0.348 e. The first-order valence-corrected chi connectivity index (χ1v) is 8.61. The van der Waals surface area contributed by atoms with Gasteiger partial charge in [-0.05, 0) is 31.5 Å². The SMILES string of the molecule is CCOC(=O)c1sc(NC(=O)c2cc([N+](=O)[O-])ccc2N(C)C)cc1C. The Balaban J connectivity index is 2.33. The number of nitro groups is 1. The van der Waals surface area contributed by atoms with Crippen LogP contribution in [0.25, 0.3) is 0 Å². The topological polar surface area (TPSA) is 102 Å². The van der Waals surface area contributed by atoms with E-state index >= 15 is 0 Å². The summed E-state index contributed by atoms with van der Waals surface area (Å²) in [6, 6.07) is 5.77. The zero-order valence-electron chi connectivity index (χ0n) is 14.9. The first-order valence-electron chi connectivity index (χ1n) is 7.79. The molecule has 0 saturated heterocycles. The van der Waals surface area contributed by atoms with E-state index < -0.39 is 16.8 Å². The molecular weight excluding hydrogens is 358 g/mol. The van der Waals surface area contributed by atoms with Crippen LogP contribution in [0.1, 0.15) is 32.5 Å². The van der Waals surface area contributed by atoms with Gasteiger partial charge < -0.3 is 15.0 Å². The number of anilines is 2. The van der Waals surface area contributed by atoms with E-state index in [9.17, 15) is 19.7 Å². The Kier molecular flexibility index (Phi) is 5.93. The summed E-state index contributed by atoms with van der Waals surface area (Å²) in [5.41, 5.74) is 1.24. The van der Waals surface area contributed by atoms with Crippen molar-refractivity contribution in [1.82, 2.24) is 0 Å². The van der Waals surface area contributed by atoms with Crippen LogP contribution in [-0.4, -0.2) is 37.5 Å². The third kappa shape index (κ3) is 4.17. The van der Waals surface area contributed by atoms with Gasteiger partial charge in [-0.2, -0.15) is 0 Å². The molecule has 0 aliphatic carbocycles. The maximum absolute atomic E-state index is 12.7. The van der Waals surface area contributed by atoms with E-state index in [1.54, 1.807) is 38.9 Å². The molecular formula is C17H19N3O5S. The third-order valence-electron chi connectivity index (χ3n) is 3.53. The summed E-state index contributed by atoms with van der Waals surface area (Å²) >= 11 is 1.10. The molecule has 1 aromatic heterocycles. The van der Waals surface area contributed by atoms with Crippen LogP contribution >= 0.6 is 11.3 Å². The number of rotatable bonds is 6. The number of aryl methyl sites for hydroxylation is 1. The van der Waals surface area contributed by atoms with Crippen molar-refractivity contribution in [3.05, 3.63) is 50.4 Å². The van der Waals surface area contributed by atoms with Crippen molar-refractivity contribution in [3.8, 4) is 0 Å². The van der Waals surface area contributed by atoms with Gasteiger partial charge in [-0.25, -0.2) is 4.79 Å². The van der Waals surface area contributed by atoms with Gasteiger partial charge in [-0.15, -0.1) is 11.3 Å². The highest BCUT2D eigenvalue weighted by molar-refractivity contribution is 7.18. The third-order valence-corrected chi connectivity index (χ3v) is 4.67. The van der Waals surface area contributed by atoms with Gasteiger partial charge in [-0.1, -0.05) is 0 Å². The van der Waals surface area contributed by atoms with Gasteiger partial charge in [0, 0.05) is 31.9 Å². The molecule has 0 unspecified atom stereocenters. The molecule has 9 heteroatoms. The van der Waals surface area contributed by atoms with Gasteiger partial charge in [0.2, 0.25) is 0 Å². The first kappa shape index (κ1) is 19.4. The second-order valence-corrected chi connectivity index (χ2v) is 6.70. The largest absolute Gasteiger partial charge is 0.462 e. The lowest BCUT2D eigenvalue weighted by atomic mass is 10.1. The number of nitrogens with one attached hydrogen (secondary N) is 1. The van der Waals surface area contributed by atoms with E-state index in [1.165, 1.54) is 18.2 Å². The van der Waals surface area contributed by atoms with E-state index in [0.29, 0.717) is 21.1 Å². The number of non-ortho nitro benzene ring substituents is 1. The van der Waals surface area contributed by atoms with Crippen LogP contribution in [0, 0.1) is 17.0 Å². The highest BCUT2D eigenvalue weighted by Gasteiger charge is 2.20. The molecule has 2 rings (SSSR count). The molecule has 1 aromatic carbocycles. The number of thiophene rings is 1. The van der Waals surface area contributed by atoms with Crippen LogP contribution in [0.2, 0.25) is 0 Å². The van der Waals surface area contributed by atoms with E-state index in [0.717, 1.165) is 11.3 Å². The van der Waals surface area contributed by atoms with E-state index in [4.69, 9.17) is 4.74 Å². The Hall–Kier alpha value is -2.94. The van der Waals surface area contributed by atoms with Crippen molar-refractivity contribution in [1.29, 1.82) is 0 Å². The summed E-state index contributed by atoms with van der Waals surface area (Å²) in [5, 5.41) is 14.2. The van der Waals surface area contributed by atoms with Crippen molar-refractivity contribution in [2.45, 2.75) is 13.8 Å². The van der Waals surface area contributed by atoms with Gasteiger partial charge in [0.25, 0.3) is 11.6 Å². The van der Waals surface area contributed by atoms with Gasteiger partial charge >= 0.3 is 5.97 Å². The van der Waals surface area contributed by atoms with Gasteiger partial charge in [0.15, 0.2) is 0 Å². The fourth-order valence-electron chi connectivity index (χ4n) is 2.33. The van der Waals surface area contributed by atoms with Crippen LogP contribution in [-0.2, 0) is 4.74 Å². The molecule has 1 N–H and O–H groups in total. The Morgan fingerprint density at radius 1 is 1.31 bits per heavy atom. The van der Waals surface area contributed by atoms with Crippen LogP contribution in [0.3, 0.4) is 0 Å². The van der Waals surface area contributed by atoms with Crippen molar-refractivity contribution in [2.24, 2.45) is 0 Å². The van der Waals surface area contributed by atoms with Gasteiger partial charge in [-0.3, -0.25) is 14.9 Å². The molecule has 0 spiro atoms. The van der Waals surface area contributed by atoms with Gasteiger partial charge in [0.05, 0.1) is 22.1 Å². The number of hydrogen-bond donors (Lipinski definition) is 1. The van der Waals surface area contributed by atoms with Gasteiger partial charge in [0.1, 0.15) is 4.88 Å². The molecule has 0 saturated carbocycles. The minimum atomic E-state index is -0.551. The minimum absolute atomic E-state index is 0.171. The smallest absolute Gasteiger partial charge is 0.348 e. The normalized spacial score (nSPS) is 10.3. The number of carbonyl (C=O) groups is 2. The second-order valence-electron chi connectivity index (χ2n) is 5.65. The zero-order valence-corrected chi connectivity index (χ0v) is 15.7. The molecule has 8 nitrogen and oxygen atoms in total. The van der Waals surface area contributed by atoms with Crippen molar-refractivity contribution in [2.75, 3.05) is 30.9 Å². The monoisotopic (exact) mass is 377 g/mol. The summed E-state index contributed by atoms with van der Waals surface area (Å²) in [4.78, 5) is 37.1. The van der Waals surface area contributed by atoms with Crippen molar-refractivity contribution < 1.29 is 19.2 Å². The molecule has 0 aliphatic heterocycles. The van der Waals surface area contributed by atoms with Crippen LogP contribution in [0.5, 0.6) is 0 Å². The maximum atomic E-state index is 12.7. The number of nitro benzene ring substituents is 1. The van der Waals surface area contributed by atoms with E-state index in [1.807, 2.05) is 0 Å². The second kappa shape index (κ2) is 7.96. The molecule has 0 radical (unpaired) electrons. The predicted octanol–water partition coefficient (Wildman–Crippen LogP) is 3.46. The fourth-order valence-corrected chi connectivity index (χ4v) is 3.29. The number of nitrogens with zero attached hydrogens (tertiary/aromatic N) is 2. The zero-order chi connectivity index (χ0) is 19.4. The van der Waals surface area contributed by atoms with Crippen LogP contribution in [0.15, 0.2) is 24.3 Å². The van der Waals surface area contributed by atoms with E-state index in [2.05, 4.69) is 5.32 Å². The summed E-state index contributed by atoms with van der Waals surface area (Å²) < 4.78 is 4.98. The summed E-state index contributed by atoms with van der Waals surface area (Å²) in [5.74, 6) is -0.936. The Morgan fingerprint density at radius 3 is 2.58 bits per heavy atom. The molecule has 1 amide bonds. The lowest BCUT2D eigenvalue weighted by Crippen LogP contribution is -2.18. The Morgan fingerprint density at radius 2 is 2.00 bits per heavy atom.